The summed E-state index contributed by atoms with van der Waals surface area (Å²) in [5.41, 5.74) is 3.59. The van der Waals surface area contributed by atoms with Gasteiger partial charge in [-0.05, 0) is 37.3 Å². The van der Waals surface area contributed by atoms with Gasteiger partial charge in [0.25, 0.3) is 0 Å². The summed E-state index contributed by atoms with van der Waals surface area (Å²) in [7, 11) is 0. The maximum atomic E-state index is 12.5. The number of nitrogens with one attached hydrogen (secondary N) is 4. The van der Waals surface area contributed by atoms with Gasteiger partial charge in [-0.2, -0.15) is 5.10 Å². The number of aromatic nitrogens is 5. The van der Waals surface area contributed by atoms with Crippen LogP contribution in [-0.2, 0) is 11.3 Å². The summed E-state index contributed by atoms with van der Waals surface area (Å²) in [6, 6.07) is 13.0. The third kappa shape index (κ3) is 3.44. The molecule has 0 spiro atoms. The molecule has 27 heavy (non-hydrogen) atoms. The second-order valence-electron chi connectivity index (χ2n) is 6.19. The smallest absolute Gasteiger partial charge is 0.323 e. The van der Waals surface area contributed by atoms with E-state index in [0.717, 1.165) is 11.1 Å². The zero-order valence-corrected chi connectivity index (χ0v) is 15.2. The Labute approximate surface area is 158 Å². The summed E-state index contributed by atoms with van der Waals surface area (Å²) >= 11 is 5.27. The average Bonchev–Trinajstić information content (AvgIpc) is 3.17. The van der Waals surface area contributed by atoms with Gasteiger partial charge in [-0.3, -0.25) is 14.5 Å². The normalized spacial score (nSPS) is 11.0. The van der Waals surface area contributed by atoms with Crippen LogP contribution < -0.4 is 11.0 Å². The van der Waals surface area contributed by atoms with E-state index < -0.39 is 0 Å². The molecule has 0 saturated carbocycles. The molecule has 136 valence electrons. The molecule has 0 unspecified atom stereocenters. The molecule has 0 aliphatic heterocycles. The average molecular weight is 380 g/mol. The maximum absolute atomic E-state index is 12.5. The van der Waals surface area contributed by atoms with Crippen molar-refractivity contribution in [3.8, 4) is 11.4 Å². The summed E-state index contributed by atoms with van der Waals surface area (Å²) < 4.78 is 2.01. The Morgan fingerprint density at radius 3 is 2.67 bits per heavy atom. The Morgan fingerprint density at radius 2 is 1.89 bits per heavy atom. The van der Waals surface area contributed by atoms with Crippen molar-refractivity contribution in [1.29, 1.82) is 0 Å². The largest absolute Gasteiger partial charge is 0.324 e. The molecule has 0 bridgehead atoms. The highest BCUT2D eigenvalue weighted by atomic mass is 32.1. The fraction of sp³-hybridized carbons (Fsp3) is 0.111. The molecule has 4 rings (SSSR count). The van der Waals surface area contributed by atoms with Gasteiger partial charge in [0.2, 0.25) is 5.91 Å². The van der Waals surface area contributed by atoms with E-state index in [1.807, 2.05) is 31.2 Å². The number of fused-ring (bicyclic) bond motifs is 1. The molecule has 4 N–H and O–H groups in total. The van der Waals surface area contributed by atoms with Crippen molar-refractivity contribution in [2.24, 2.45) is 0 Å². The van der Waals surface area contributed by atoms with E-state index in [2.05, 4.69) is 25.5 Å². The van der Waals surface area contributed by atoms with Crippen molar-refractivity contribution in [1.82, 2.24) is 24.7 Å². The predicted octanol–water partition coefficient (Wildman–Crippen LogP) is 2.72. The molecule has 2 aromatic carbocycles. The predicted molar refractivity (Wildman–Crippen MR) is 105 cm³/mol. The van der Waals surface area contributed by atoms with Gasteiger partial charge < -0.3 is 15.3 Å². The van der Waals surface area contributed by atoms with E-state index >= 15 is 0 Å². The van der Waals surface area contributed by atoms with E-state index in [1.54, 1.807) is 22.8 Å². The molecule has 2 heterocycles. The number of hydrogen-bond acceptors (Lipinski definition) is 4. The van der Waals surface area contributed by atoms with Gasteiger partial charge in [-0.25, -0.2) is 4.79 Å². The first-order valence-electron chi connectivity index (χ1n) is 8.24. The molecule has 9 heteroatoms. The van der Waals surface area contributed by atoms with Gasteiger partial charge in [0.1, 0.15) is 6.54 Å². The lowest BCUT2D eigenvalue weighted by molar-refractivity contribution is -0.116. The van der Waals surface area contributed by atoms with Crippen molar-refractivity contribution >= 4 is 34.8 Å². The van der Waals surface area contributed by atoms with E-state index in [-0.39, 0.29) is 18.1 Å². The Morgan fingerprint density at radius 1 is 1.15 bits per heavy atom. The molecular weight excluding hydrogens is 364 g/mol. The molecule has 0 fully saturated rings. The number of anilines is 1. The standard InChI is InChI=1S/C18H16N6O2S/c1-10-2-4-11(5-3-10)16-22-23-18(27)24(16)9-15(25)19-12-6-7-13-14(8-12)21-17(26)20-13/h2-8H,9H2,1H3,(H,19,25)(H,23,27)(H2,20,21,26). The first-order valence-corrected chi connectivity index (χ1v) is 8.64. The van der Waals surface area contributed by atoms with E-state index in [9.17, 15) is 9.59 Å². The zero-order chi connectivity index (χ0) is 19.0. The number of aryl methyl sites for hydroxylation is 1. The minimum absolute atomic E-state index is 0.0141. The quantitative estimate of drug-likeness (QED) is 0.408. The summed E-state index contributed by atoms with van der Waals surface area (Å²) in [5, 5.41) is 9.79. The van der Waals surface area contributed by atoms with Gasteiger partial charge in [-0.15, -0.1) is 0 Å². The van der Waals surface area contributed by atoms with Crippen LogP contribution in [0.3, 0.4) is 0 Å². The number of hydrogen-bond donors (Lipinski definition) is 4. The van der Waals surface area contributed by atoms with Crippen LogP contribution in [0.5, 0.6) is 0 Å². The molecule has 2 aromatic heterocycles. The first-order chi connectivity index (χ1) is 13.0. The highest BCUT2D eigenvalue weighted by Crippen LogP contribution is 2.19. The van der Waals surface area contributed by atoms with Gasteiger partial charge in [-0.1, -0.05) is 29.8 Å². The van der Waals surface area contributed by atoms with Crippen LogP contribution in [-0.4, -0.2) is 30.6 Å². The Balaban J connectivity index is 1.57. The fourth-order valence-electron chi connectivity index (χ4n) is 2.84. The number of carbonyl (C=O) groups is 1. The van der Waals surface area contributed by atoms with Crippen LogP contribution in [0.1, 0.15) is 5.56 Å². The summed E-state index contributed by atoms with van der Waals surface area (Å²) in [6.45, 7) is 2.02. The van der Waals surface area contributed by atoms with Crippen molar-refractivity contribution in [3.05, 3.63) is 63.3 Å². The molecule has 0 aliphatic rings. The molecule has 0 saturated heterocycles. The zero-order valence-electron chi connectivity index (χ0n) is 14.4. The van der Waals surface area contributed by atoms with Crippen LogP contribution in [0.25, 0.3) is 22.4 Å². The monoisotopic (exact) mass is 380 g/mol. The number of amides is 1. The third-order valence-electron chi connectivity index (χ3n) is 4.17. The third-order valence-corrected chi connectivity index (χ3v) is 4.48. The number of imidazole rings is 1. The van der Waals surface area contributed by atoms with Gasteiger partial charge in [0.05, 0.1) is 11.0 Å². The minimum atomic E-state index is -0.291. The number of rotatable bonds is 4. The Kier molecular flexibility index (Phi) is 4.21. The summed E-state index contributed by atoms with van der Waals surface area (Å²) in [4.78, 5) is 29.2. The van der Waals surface area contributed by atoms with Crippen molar-refractivity contribution in [2.45, 2.75) is 13.5 Å². The molecule has 0 aliphatic carbocycles. The first kappa shape index (κ1) is 17.0. The van der Waals surface area contributed by atoms with Crippen LogP contribution in [0, 0.1) is 11.7 Å². The van der Waals surface area contributed by atoms with Gasteiger partial charge >= 0.3 is 5.69 Å². The van der Waals surface area contributed by atoms with E-state index in [4.69, 9.17) is 12.2 Å². The van der Waals surface area contributed by atoms with Gasteiger partial charge in [0.15, 0.2) is 10.6 Å². The number of carbonyl (C=O) groups excluding carboxylic acids is 1. The topological polar surface area (TPSA) is 111 Å². The van der Waals surface area contributed by atoms with Crippen LogP contribution in [0.15, 0.2) is 47.3 Å². The van der Waals surface area contributed by atoms with Gasteiger partial charge in [0, 0.05) is 11.3 Å². The highest BCUT2D eigenvalue weighted by Gasteiger charge is 2.13. The molecule has 1 amide bonds. The maximum Gasteiger partial charge on any atom is 0.323 e. The van der Waals surface area contributed by atoms with Crippen molar-refractivity contribution in [3.63, 3.8) is 0 Å². The number of aromatic amines is 3. The number of nitrogens with zero attached hydrogens (tertiary/aromatic N) is 2. The number of H-pyrrole nitrogens is 3. The van der Waals surface area contributed by atoms with Crippen molar-refractivity contribution < 1.29 is 4.79 Å². The fourth-order valence-corrected chi connectivity index (χ4v) is 3.04. The lowest BCUT2D eigenvalue weighted by Gasteiger charge is -2.08. The lowest BCUT2D eigenvalue weighted by atomic mass is 10.1. The van der Waals surface area contributed by atoms with E-state index in [0.29, 0.717) is 27.3 Å². The Hall–Kier alpha value is -3.46. The molecule has 4 aromatic rings. The summed E-state index contributed by atoms with van der Waals surface area (Å²) in [6.07, 6.45) is 0. The van der Waals surface area contributed by atoms with Crippen LogP contribution in [0.4, 0.5) is 5.69 Å². The highest BCUT2D eigenvalue weighted by molar-refractivity contribution is 7.71. The lowest BCUT2D eigenvalue weighted by Crippen LogP contribution is -2.19. The Bertz CT molecular complexity index is 1250. The SMILES string of the molecule is Cc1ccc(-c2n[nH]c(=S)n2CC(=O)Nc2ccc3[nH]c(=O)[nH]c3c2)cc1. The molecule has 0 atom stereocenters. The van der Waals surface area contributed by atoms with Crippen LogP contribution in [0.2, 0.25) is 0 Å². The van der Waals surface area contributed by atoms with E-state index in [1.165, 1.54) is 0 Å². The molecule has 0 radical (unpaired) electrons. The number of benzene rings is 2. The summed E-state index contributed by atoms with van der Waals surface area (Å²) in [5.74, 6) is 0.346. The minimum Gasteiger partial charge on any atom is -0.324 e. The second kappa shape index (κ2) is 6.69. The molecular formula is C18H16N6O2S. The second-order valence-corrected chi connectivity index (χ2v) is 6.58. The van der Waals surface area contributed by atoms with Crippen molar-refractivity contribution in [2.75, 3.05) is 5.32 Å². The molecule has 8 nitrogen and oxygen atoms in total. The van der Waals surface area contributed by atoms with Crippen LogP contribution >= 0.6 is 12.2 Å².